The lowest BCUT2D eigenvalue weighted by atomic mass is 10.1. The van der Waals surface area contributed by atoms with Gasteiger partial charge in [-0.2, -0.15) is 0 Å². The van der Waals surface area contributed by atoms with Gasteiger partial charge in [0.1, 0.15) is 5.75 Å². The number of carboxylic acid groups (broad SMARTS) is 1. The van der Waals surface area contributed by atoms with Crippen LogP contribution in [0.1, 0.15) is 11.1 Å². The number of aliphatic carboxylic acids is 1. The Hall–Kier alpha value is -2.13. The lowest BCUT2D eigenvalue weighted by molar-refractivity contribution is -0.139. The van der Waals surface area contributed by atoms with Crippen LogP contribution in [-0.4, -0.2) is 36.1 Å². The SMILES string of the molecule is CN(C)Sc1cccc(C#Cc2cc(Cl)ccc2OCC(=O)O)c1. The van der Waals surface area contributed by atoms with Gasteiger partial charge in [-0.1, -0.05) is 29.5 Å². The summed E-state index contributed by atoms with van der Waals surface area (Å²) < 4.78 is 7.25. The van der Waals surface area contributed by atoms with E-state index in [1.807, 2.05) is 42.7 Å². The second-order valence-electron chi connectivity index (χ2n) is 5.00. The van der Waals surface area contributed by atoms with Gasteiger partial charge >= 0.3 is 5.97 Å². The minimum Gasteiger partial charge on any atom is -0.481 e. The summed E-state index contributed by atoms with van der Waals surface area (Å²) in [6.07, 6.45) is 0. The van der Waals surface area contributed by atoms with Crippen LogP contribution >= 0.6 is 23.5 Å². The van der Waals surface area contributed by atoms with Gasteiger partial charge in [-0.25, -0.2) is 4.79 Å². The molecule has 24 heavy (non-hydrogen) atoms. The van der Waals surface area contributed by atoms with Crippen molar-refractivity contribution in [2.75, 3.05) is 20.7 Å². The van der Waals surface area contributed by atoms with Crippen molar-refractivity contribution >= 4 is 29.5 Å². The largest absolute Gasteiger partial charge is 0.481 e. The van der Waals surface area contributed by atoms with Gasteiger partial charge in [-0.3, -0.25) is 4.31 Å². The fourth-order valence-electron chi connectivity index (χ4n) is 1.85. The Kier molecular flexibility index (Phi) is 6.56. The van der Waals surface area contributed by atoms with E-state index in [4.69, 9.17) is 21.4 Å². The summed E-state index contributed by atoms with van der Waals surface area (Å²) in [5, 5.41) is 9.25. The Bertz CT molecular complexity index is 796. The number of carboxylic acids is 1. The molecule has 124 valence electrons. The van der Waals surface area contributed by atoms with E-state index < -0.39 is 12.6 Å². The molecule has 0 heterocycles. The van der Waals surface area contributed by atoms with Crippen LogP contribution in [0.4, 0.5) is 0 Å². The second-order valence-corrected chi connectivity index (χ2v) is 6.83. The Balaban J connectivity index is 2.26. The van der Waals surface area contributed by atoms with Crippen molar-refractivity contribution in [3.63, 3.8) is 0 Å². The van der Waals surface area contributed by atoms with E-state index in [1.54, 1.807) is 30.1 Å². The Morgan fingerprint density at radius 2 is 2.04 bits per heavy atom. The molecule has 0 amide bonds. The van der Waals surface area contributed by atoms with Crippen LogP contribution in [0.15, 0.2) is 47.4 Å². The molecule has 0 aliphatic carbocycles. The third-order valence-corrected chi connectivity index (χ3v) is 3.82. The Morgan fingerprint density at radius 3 is 2.75 bits per heavy atom. The van der Waals surface area contributed by atoms with E-state index in [1.165, 1.54) is 0 Å². The molecule has 6 heteroatoms. The van der Waals surface area contributed by atoms with E-state index in [9.17, 15) is 4.79 Å². The minimum atomic E-state index is -1.04. The zero-order valence-corrected chi connectivity index (χ0v) is 14.8. The van der Waals surface area contributed by atoms with E-state index in [2.05, 4.69) is 11.8 Å². The van der Waals surface area contributed by atoms with Crippen LogP contribution in [0.25, 0.3) is 0 Å². The zero-order valence-electron chi connectivity index (χ0n) is 13.2. The topological polar surface area (TPSA) is 49.8 Å². The van der Waals surface area contributed by atoms with Gasteiger partial charge in [0.05, 0.1) is 5.56 Å². The van der Waals surface area contributed by atoms with Gasteiger partial charge in [0.15, 0.2) is 6.61 Å². The molecular weight excluding hydrogens is 346 g/mol. The first kappa shape index (κ1) is 18.2. The lowest BCUT2D eigenvalue weighted by Crippen LogP contribution is -2.10. The highest BCUT2D eigenvalue weighted by atomic mass is 35.5. The summed E-state index contributed by atoms with van der Waals surface area (Å²) in [5.41, 5.74) is 1.40. The molecule has 0 aromatic heterocycles. The van der Waals surface area contributed by atoms with Crippen molar-refractivity contribution in [3.8, 4) is 17.6 Å². The summed E-state index contributed by atoms with van der Waals surface area (Å²) in [4.78, 5) is 11.7. The van der Waals surface area contributed by atoms with E-state index in [0.29, 0.717) is 16.3 Å². The standard InChI is InChI=1S/C18H16ClNO3S/c1-20(2)24-16-5-3-4-13(10-16)6-7-14-11-15(19)8-9-17(14)23-12-18(21)22/h3-5,8-11H,12H2,1-2H3,(H,21,22). The maximum absolute atomic E-state index is 10.7. The van der Waals surface area contributed by atoms with Gasteiger partial charge in [-0.05, 0) is 62.4 Å². The molecular formula is C18H16ClNO3S. The predicted molar refractivity (Wildman–Crippen MR) is 96.5 cm³/mol. The second kappa shape index (κ2) is 8.65. The number of nitrogens with zero attached hydrogens (tertiary/aromatic N) is 1. The van der Waals surface area contributed by atoms with Crippen LogP contribution in [0, 0.1) is 11.8 Å². The van der Waals surface area contributed by atoms with E-state index in [-0.39, 0.29) is 0 Å². The molecule has 0 aliphatic rings. The molecule has 0 saturated carbocycles. The third kappa shape index (κ3) is 5.82. The molecule has 2 rings (SSSR count). The molecule has 0 spiro atoms. The van der Waals surface area contributed by atoms with E-state index >= 15 is 0 Å². The molecule has 0 saturated heterocycles. The number of hydrogen-bond donors (Lipinski definition) is 1. The smallest absolute Gasteiger partial charge is 0.341 e. The van der Waals surface area contributed by atoms with Gasteiger partial charge in [0.25, 0.3) is 0 Å². The average Bonchev–Trinajstić information content (AvgIpc) is 2.51. The number of hydrogen-bond acceptors (Lipinski definition) is 4. The first-order valence-corrected chi connectivity index (χ1v) is 8.20. The third-order valence-electron chi connectivity index (χ3n) is 2.76. The first-order chi connectivity index (χ1) is 11.4. The number of halogens is 1. The van der Waals surface area contributed by atoms with Crippen LogP contribution < -0.4 is 4.74 Å². The van der Waals surface area contributed by atoms with Crippen LogP contribution in [0.3, 0.4) is 0 Å². The molecule has 0 fully saturated rings. The van der Waals surface area contributed by atoms with E-state index in [0.717, 1.165) is 10.5 Å². The fraction of sp³-hybridized carbons (Fsp3) is 0.167. The fourth-order valence-corrected chi connectivity index (χ4v) is 2.76. The van der Waals surface area contributed by atoms with Gasteiger partial charge in [0, 0.05) is 15.5 Å². The number of benzene rings is 2. The van der Waals surface area contributed by atoms with Crippen LogP contribution in [0.2, 0.25) is 5.02 Å². The summed E-state index contributed by atoms with van der Waals surface area (Å²) in [7, 11) is 3.95. The normalized spacial score (nSPS) is 10.2. The number of carbonyl (C=O) groups is 1. The van der Waals surface area contributed by atoms with Crippen molar-refractivity contribution in [2.45, 2.75) is 4.90 Å². The zero-order chi connectivity index (χ0) is 17.5. The predicted octanol–water partition coefficient (Wildman–Crippen LogP) is 3.77. The molecule has 2 aromatic rings. The average molecular weight is 362 g/mol. The highest BCUT2D eigenvalue weighted by Crippen LogP contribution is 2.23. The summed E-state index contributed by atoms with van der Waals surface area (Å²) in [6.45, 7) is -0.425. The summed E-state index contributed by atoms with van der Waals surface area (Å²) >= 11 is 7.60. The Morgan fingerprint density at radius 1 is 1.25 bits per heavy atom. The molecule has 1 N–H and O–H groups in total. The van der Waals surface area contributed by atoms with Crippen molar-refractivity contribution in [2.24, 2.45) is 0 Å². The molecule has 0 unspecified atom stereocenters. The summed E-state index contributed by atoms with van der Waals surface area (Å²) in [6, 6.07) is 12.8. The van der Waals surface area contributed by atoms with Gasteiger partial charge in [0.2, 0.25) is 0 Å². The van der Waals surface area contributed by atoms with Crippen LogP contribution in [0.5, 0.6) is 5.75 Å². The van der Waals surface area contributed by atoms with Crippen molar-refractivity contribution in [1.29, 1.82) is 0 Å². The quantitative estimate of drug-likeness (QED) is 0.649. The number of ether oxygens (including phenoxy) is 1. The molecule has 0 atom stereocenters. The summed E-state index contributed by atoms with van der Waals surface area (Å²) in [5.74, 6) is 5.41. The van der Waals surface area contributed by atoms with Crippen molar-refractivity contribution < 1.29 is 14.6 Å². The molecule has 2 aromatic carbocycles. The van der Waals surface area contributed by atoms with Crippen LogP contribution in [-0.2, 0) is 4.79 Å². The molecule has 4 nitrogen and oxygen atoms in total. The molecule has 0 radical (unpaired) electrons. The number of rotatable bonds is 5. The molecule has 0 bridgehead atoms. The monoisotopic (exact) mass is 361 g/mol. The maximum atomic E-state index is 10.7. The van der Waals surface area contributed by atoms with Crippen molar-refractivity contribution in [1.82, 2.24) is 4.31 Å². The minimum absolute atomic E-state index is 0.396. The first-order valence-electron chi connectivity index (χ1n) is 7.05. The maximum Gasteiger partial charge on any atom is 0.341 e. The molecule has 0 aliphatic heterocycles. The highest BCUT2D eigenvalue weighted by molar-refractivity contribution is 7.97. The Labute approximate surface area is 150 Å². The highest BCUT2D eigenvalue weighted by Gasteiger charge is 2.05. The van der Waals surface area contributed by atoms with Gasteiger partial charge < -0.3 is 9.84 Å². The lowest BCUT2D eigenvalue weighted by Gasteiger charge is -2.08. The van der Waals surface area contributed by atoms with Crippen molar-refractivity contribution in [3.05, 3.63) is 58.6 Å². The van der Waals surface area contributed by atoms with Gasteiger partial charge in [-0.15, -0.1) is 0 Å².